The third-order valence-electron chi connectivity index (χ3n) is 2.32. The van der Waals surface area contributed by atoms with Crippen molar-refractivity contribution in [3.8, 4) is 0 Å². The van der Waals surface area contributed by atoms with Crippen LogP contribution in [-0.2, 0) is 0 Å². The third kappa shape index (κ3) is 2.02. The Labute approximate surface area is 82.9 Å². The summed E-state index contributed by atoms with van der Waals surface area (Å²) >= 11 is 0. The molecule has 0 aliphatic carbocycles. The SMILES string of the molecule is O=C(Nc1ccncc1)N1CCCC1. The first-order chi connectivity index (χ1) is 6.86. The van der Waals surface area contributed by atoms with Crippen LogP contribution >= 0.6 is 0 Å². The van der Waals surface area contributed by atoms with Gasteiger partial charge in [-0.3, -0.25) is 4.98 Å². The summed E-state index contributed by atoms with van der Waals surface area (Å²) in [5.74, 6) is 0. The molecule has 2 heterocycles. The second kappa shape index (κ2) is 4.09. The van der Waals surface area contributed by atoms with Gasteiger partial charge >= 0.3 is 6.03 Å². The summed E-state index contributed by atoms with van der Waals surface area (Å²) in [5.41, 5.74) is 0.803. The van der Waals surface area contributed by atoms with Gasteiger partial charge in [-0.05, 0) is 25.0 Å². The van der Waals surface area contributed by atoms with Gasteiger partial charge in [-0.15, -0.1) is 0 Å². The lowest BCUT2D eigenvalue weighted by atomic mass is 10.4. The minimum atomic E-state index is -0.00583. The highest BCUT2D eigenvalue weighted by atomic mass is 16.2. The van der Waals surface area contributed by atoms with Gasteiger partial charge in [-0.25, -0.2) is 4.79 Å². The quantitative estimate of drug-likeness (QED) is 0.734. The molecular weight excluding hydrogens is 178 g/mol. The fourth-order valence-electron chi connectivity index (χ4n) is 1.56. The molecule has 1 saturated heterocycles. The number of carbonyl (C=O) groups excluding carboxylic acids is 1. The van der Waals surface area contributed by atoms with Crippen LogP contribution in [0.15, 0.2) is 24.5 Å². The lowest BCUT2D eigenvalue weighted by molar-refractivity contribution is 0.222. The van der Waals surface area contributed by atoms with E-state index < -0.39 is 0 Å². The first-order valence-electron chi connectivity index (χ1n) is 4.82. The first-order valence-corrected chi connectivity index (χ1v) is 4.82. The van der Waals surface area contributed by atoms with Gasteiger partial charge in [0.15, 0.2) is 0 Å². The van der Waals surface area contributed by atoms with Crippen LogP contribution < -0.4 is 5.32 Å². The van der Waals surface area contributed by atoms with E-state index in [1.165, 1.54) is 0 Å². The zero-order chi connectivity index (χ0) is 9.80. The van der Waals surface area contributed by atoms with E-state index in [1.807, 2.05) is 4.90 Å². The zero-order valence-corrected chi connectivity index (χ0v) is 7.94. The molecule has 1 aromatic heterocycles. The van der Waals surface area contributed by atoms with Crippen LogP contribution in [0.3, 0.4) is 0 Å². The van der Waals surface area contributed by atoms with Crippen molar-refractivity contribution in [3.05, 3.63) is 24.5 Å². The highest BCUT2D eigenvalue weighted by Crippen LogP contribution is 2.10. The molecule has 1 aliphatic heterocycles. The van der Waals surface area contributed by atoms with Crippen LogP contribution in [0.2, 0.25) is 0 Å². The molecule has 74 valence electrons. The van der Waals surface area contributed by atoms with Gasteiger partial charge in [-0.1, -0.05) is 0 Å². The van der Waals surface area contributed by atoms with E-state index in [-0.39, 0.29) is 6.03 Å². The number of aromatic nitrogens is 1. The summed E-state index contributed by atoms with van der Waals surface area (Å²) in [6.45, 7) is 1.74. The molecule has 0 bridgehead atoms. The van der Waals surface area contributed by atoms with Crippen molar-refractivity contribution < 1.29 is 4.79 Å². The molecule has 0 radical (unpaired) electrons. The smallest absolute Gasteiger partial charge is 0.321 e. The normalized spacial score (nSPS) is 15.6. The van der Waals surface area contributed by atoms with E-state index in [2.05, 4.69) is 10.3 Å². The predicted octanol–water partition coefficient (Wildman–Crippen LogP) is 1.71. The third-order valence-corrected chi connectivity index (χ3v) is 2.32. The van der Waals surface area contributed by atoms with Gasteiger partial charge in [0.05, 0.1) is 0 Å². The van der Waals surface area contributed by atoms with Crippen molar-refractivity contribution in [3.63, 3.8) is 0 Å². The summed E-state index contributed by atoms with van der Waals surface area (Å²) in [6, 6.07) is 3.57. The van der Waals surface area contributed by atoms with Crippen molar-refractivity contribution in [2.24, 2.45) is 0 Å². The Morgan fingerprint density at radius 2 is 1.93 bits per heavy atom. The molecule has 0 atom stereocenters. The molecule has 2 amide bonds. The Morgan fingerprint density at radius 1 is 1.29 bits per heavy atom. The van der Waals surface area contributed by atoms with Crippen molar-refractivity contribution in [2.75, 3.05) is 18.4 Å². The van der Waals surface area contributed by atoms with Crippen LogP contribution in [0, 0.1) is 0 Å². The number of likely N-dealkylation sites (tertiary alicyclic amines) is 1. The number of anilines is 1. The molecular formula is C10H13N3O. The number of amides is 2. The second-order valence-corrected chi connectivity index (χ2v) is 3.36. The monoisotopic (exact) mass is 191 g/mol. The minimum Gasteiger partial charge on any atom is -0.325 e. The Bertz CT molecular complexity index is 306. The Balaban J connectivity index is 1.94. The lowest BCUT2D eigenvalue weighted by Gasteiger charge is -2.15. The summed E-state index contributed by atoms with van der Waals surface area (Å²) in [6.07, 6.45) is 5.56. The molecule has 14 heavy (non-hydrogen) atoms. The Kier molecular flexibility index (Phi) is 2.62. The molecule has 1 fully saturated rings. The largest absolute Gasteiger partial charge is 0.325 e. The summed E-state index contributed by atoms with van der Waals surface area (Å²) in [5, 5.41) is 2.83. The van der Waals surface area contributed by atoms with Crippen molar-refractivity contribution in [2.45, 2.75) is 12.8 Å². The van der Waals surface area contributed by atoms with E-state index in [9.17, 15) is 4.79 Å². The average molecular weight is 191 g/mol. The zero-order valence-electron chi connectivity index (χ0n) is 7.94. The molecule has 1 aliphatic rings. The number of rotatable bonds is 1. The molecule has 2 rings (SSSR count). The highest BCUT2D eigenvalue weighted by molar-refractivity contribution is 5.89. The lowest BCUT2D eigenvalue weighted by Crippen LogP contribution is -2.32. The van der Waals surface area contributed by atoms with E-state index >= 15 is 0 Å². The van der Waals surface area contributed by atoms with E-state index in [4.69, 9.17) is 0 Å². The number of urea groups is 1. The fourth-order valence-corrected chi connectivity index (χ4v) is 1.56. The van der Waals surface area contributed by atoms with Gasteiger partial charge in [0.1, 0.15) is 0 Å². The maximum atomic E-state index is 11.6. The van der Waals surface area contributed by atoms with Crippen LogP contribution in [-0.4, -0.2) is 29.0 Å². The number of hydrogen-bond acceptors (Lipinski definition) is 2. The molecule has 0 spiro atoms. The number of pyridine rings is 1. The van der Waals surface area contributed by atoms with Gasteiger partial charge < -0.3 is 10.2 Å². The van der Waals surface area contributed by atoms with Gasteiger partial charge in [0.25, 0.3) is 0 Å². The van der Waals surface area contributed by atoms with Gasteiger partial charge in [0, 0.05) is 31.2 Å². The van der Waals surface area contributed by atoms with Crippen molar-refractivity contribution >= 4 is 11.7 Å². The van der Waals surface area contributed by atoms with E-state index in [0.717, 1.165) is 31.6 Å². The molecule has 4 nitrogen and oxygen atoms in total. The average Bonchev–Trinajstić information content (AvgIpc) is 2.72. The number of nitrogens with one attached hydrogen (secondary N) is 1. The maximum Gasteiger partial charge on any atom is 0.321 e. The Hall–Kier alpha value is -1.58. The predicted molar refractivity (Wildman–Crippen MR) is 54.1 cm³/mol. The summed E-state index contributed by atoms with van der Waals surface area (Å²) in [7, 11) is 0. The standard InChI is InChI=1S/C10H13N3O/c14-10(13-7-1-2-8-13)12-9-3-5-11-6-4-9/h3-6H,1-2,7-8H2,(H,11,12,14). The van der Waals surface area contributed by atoms with E-state index in [1.54, 1.807) is 24.5 Å². The fraction of sp³-hybridized carbons (Fsp3) is 0.400. The molecule has 1 N–H and O–H groups in total. The summed E-state index contributed by atoms with van der Waals surface area (Å²) < 4.78 is 0. The first kappa shape index (κ1) is 8.99. The second-order valence-electron chi connectivity index (χ2n) is 3.36. The molecule has 1 aromatic rings. The number of nitrogens with zero attached hydrogens (tertiary/aromatic N) is 2. The molecule has 0 saturated carbocycles. The van der Waals surface area contributed by atoms with Crippen LogP contribution in [0.25, 0.3) is 0 Å². The van der Waals surface area contributed by atoms with E-state index in [0.29, 0.717) is 0 Å². The van der Waals surface area contributed by atoms with Crippen LogP contribution in [0.1, 0.15) is 12.8 Å². The summed E-state index contributed by atoms with van der Waals surface area (Å²) in [4.78, 5) is 17.3. The molecule has 4 heteroatoms. The van der Waals surface area contributed by atoms with Crippen molar-refractivity contribution in [1.29, 1.82) is 0 Å². The van der Waals surface area contributed by atoms with Gasteiger partial charge in [0.2, 0.25) is 0 Å². The molecule has 0 unspecified atom stereocenters. The highest BCUT2D eigenvalue weighted by Gasteiger charge is 2.17. The van der Waals surface area contributed by atoms with Crippen LogP contribution in [0.4, 0.5) is 10.5 Å². The van der Waals surface area contributed by atoms with Crippen LogP contribution in [0.5, 0.6) is 0 Å². The topological polar surface area (TPSA) is 45.2 Å². The minimum absolute atomic E-state index is 0.00583. The number of hydrogen-bond donors (Lipinski definition) is 1. The van der Waals surface area contributed by atoms with Gasteiger partial charge in [-0.2, -0.15) is 0 Å². The molecule has 0 aromatic carbocycles. The maximum absolute atomic E-state index is 11.6. The number of carbonyl (C=O) groups is 1. The Morgan fingerprint density at radius 3 is 2.57 bits per heavy atom. The van der Waals surface area contributed by atoms with Crippen molar-refractivity contribution in [1.82, 2.24) is 9.88 Å².